The second-order valence-corrected chi connectivity index (χ2v) is 4.88. The van der Waals surface area contributed by atoms with Gasteiger partial charge in [0.15, 0.2) is 11.5 Å². The third-order valence-corrected chi connectivity index (χ3v) is 3.16. The quantitative estimate of drug-likeness (QED) is 0.417. The number of ether oxygens (including phenoxy) is 2. The number of aromatic hydroxyl groups is 1. The van der Waals surface area contributed by atoms with Gasteiger partial charge in [-0.1, -0.05) is 26.2 Å². The minimum Gasteiger partial charge on any atom is -0.502 e. The molecule has 1 rings (SSSR count). The summed E-state index contributed by atoms with van der Waals surface area (Å²) < 4.78 is 10.1. The van der Waals surface area contributed by atoms with Gasteiger partial charge in [0, 0.05) is 12.0 Å². The van der Waals surface area contributed by atoms with Gasteiger partial charge in [0.05, 0.1) is 20.4 Å². The second-order valence-electron chi connectivity index (χ2n) is 4.88. The number of carbonyl (C=O) groups excluding carboxylic acids is 1. The Balaban J connectivity index is 2.57. The Labute approximate surface area is 131 Å². The number of hydrogen-bond donors (Lipinski definition) is 2. The van der Waals surface area contributed by atoms with Gasteiger partial charge in [-0.15, -0.1) is 0 Å². The van der Waals surface area contributed by atoms with Gasteiger partial charge in [-0.2, -0.15) is 5.10 Å². The van der Waals surface area contributed by atoms with E-state index in [2.05, 4.69) is 17.5 Å². The third-order valence-electron chi connectivity index (χ3n) is 3.16. The molecule has 0 radical (unpaired) electrons. The molecule has 0 atom stereocenters. The molecule has 22 heavy (non-hydrogen) atoms. The van der Waals surface area contributed by atoms with Crippen molar-refractivity contribution in [1.82, 2.24) is 5.43 Å². The highest BCUT2D eigenvalue weighted by Crippen LogP contribution is 2.36. The van der Waals surface area contributed by atoms with E-state index in [0.29, 0.717) is 12.0 Å². The number of phenols is 1. The molecule has 0 saturated carbocycles. The van der Waals surface area contributed by atoms with Crippen LogP contribution in [0.15, 0.2) is 17.2 Å². The van der Waals surface area contributed by atoms with E-state index in [1.807, 2.05) is 0 Å². The number of benzene rings is 1. The molecule has 6 nitrogen and oxygen atoms in total. The minimum atomic E-state index is -0.106. The van der Waals surface area contributed by atoms with E-state index in [1.165, 1.54) is 20.4 Å². The fourth-order valence-electron chi connectivity index (χ4n) is 1.94. The molecule has 0 aliphatic heterocycles. The average molecular weight is 308 g/mol. The van der Waals surface area contributed by atoms with E-state index < -0.39 is 0 Å². The lowest BCUT2D eigenvalue weighted by Crippen LogP contribution is -2.16. The third kappa shape index (κ3) is 5.63. The Bertz CT molecular complexity index is 490. The number of methoxy groups -OCH3 is 2. The maximum atomic E-state index is 11.6. The summed E-state index contributed by atoms with van der Waals surface area (Å²) in [6.07, 6.45) is 6.16. The first-order valence-electron chi connectivity index (χ1n) is 7.39. The number of nitrogens with one attached hydrogen (secondary N) is 1. The van der Waals surface area contributed by atoms with Crippen molar-refractivity contribution >= 4 is 12.1 Å². The molecule has 6 heteroatoms. The lowest BCUT2D eigenvalue weighted by Gasteiger charge is -2.09. The number of amides is 1. The van der Waals surface area contributed by atoms with Crippen LogP contribution in [0.4, 0.5) is 0 Å². The molecule has 1 aromatic carbocycles. The van der Waals surface area contributed by atoms with E-state index in [1.54, 1.807) is 12.1 Å². The number of phenolic OH excluding ortho intramolecular Hbond substituents is 1. The molecule has 1 amide bonds. The number of unbranched alkanes of at least 4 members (excludes halogenated alkanes) is 3. The Hall–Kier alpha value is -2.24. The number of hydrogen-bond acceptors (Lipinski definition) is 5. The van der Waals surface area contributed by atoms with Gasteiger partial charge >= 0.3 is 0 Å². The predicted octanol–water partition coefficient (Wildman–Crippen LogP) is 2.83. The van der Waals surface area contributed by atoms with Crippen LogP contribution in [-0.2, 0) is 4.79 Å². The first kappa shape index (κ1) is 17.8. The summed E-state index contributed by atoms with van der Waals surface area (Å²) in [5.74, 6) is 0.394. The first-order valence-corrected chi connectivity index (χ1v) is 7.39. The van der Waals surface area contributed by atoms with Crippen molar-refractivity contribution in [3.63, 3.8) is 0 Å². The van der Waals surface area contributed by atoms with Gasteiger partial charge in [0.1, 0.15) is 0 Å². The Morgan fingerprint density at radius 1 is 1.23 bits per heavy atom. The molecule has 0 saturated heterocycles. The molecular weight excluding hydrogens is 284 g/mol. The highest BCUT2D eigenvalue weighted by molar-refractivity contribution is 5.84. The molecule has 0 aromatic heterocycles. The lowest BCUT2D eigenvalue weighted by atomic mass is 10.1. The summed E-state index contributed by atoms with van der Waals surface area (Å²) in [5.41, 5.74) is 3.13. The monoisotopic (exact) mass is 308 g/mol. The van der Waals surface area contributed by atoms with Crippen LogP contribution >= 0.6 is 0 Å². The predicted molar refractivity (Wildman–Crippen MR) is 85.7 cm³/mol. The zero-order valence-corrected chi connectivity index (χ0v) is 13.4. The van der Waals surface area contributed by atoms with Crippen molar-refractivity contribution in [2.24, 2.45) is 5.10 Å². The van der Waals surface area contributed by atoms with Crippen LogP contribution in [0, 0.1) is 0 Å². The smallest absolute Gasteiger partial charge is 0.240 e. The van der Waals surface area contributed by atoms with E-state index in [0.717, 1.165) is 25.7 Å². The highest BCUT2D eigenvalue weighted by Gasteiger charge is 2.10. The molecular formula is C16H24N2O4. The first-order chi connectivity index (χ1) is 10.6. The van der Waals surface area contributed by atoms with Gasteiger partial charge in [0.2, 0.25) is 11.7 Å². The largest absolute Gasteiger partial charge is 0.502 e. The van der Waals surface area contributed by atoms with E-state index in [4.69, 9.17) is 9.47 Å². The van der Waals surface area contributed by atoms with Crippen molar-refractivity contribution < 1.29 is 19.4 Å². The van der Waals surface area contributed by atoms with Gasteiger partial charge in [-0.25, -0.2) is 5.43 Å². The highest BCUT2D eigenvalue weighted by atomic mass is 16.5. The molecule has 0 fully saturated rings. The fourth-order valence-corrected chi connectivity index (χ4v) is 1.94. The normalized spacial score (nSPS) is 10.7. The van der Waals surface area contributed by atoms with Crippen LogP contribution in [-0.4, -0.2) is 31.4 Å². The molecule has 0 spiro atoms. The number of nitrogens with zero attached hydrogens (tertiary/aromatic N) is 1. The zero-order valence-electron chi connectivity index (χ0n) is 13.4. The minimum absolute atomic E-state index is 0.0675. The summed E-state index contributed by atoms with van der Waals surface area (Å²) in [6, 6.07) is 3.21. The van der Waals surface area contributed by atoms with Crippen molar-refractivity contribution in [2.75, 3.05) is 14.2 Å². The van der Waals surface area contributed by atoms with Gasteiger partial charge in [0.25, 0.3) is 0 Å². The van der Waals surface area contributed by atoms with Gasteiger partial charge in [-0.05, 0) is 18.6 Å². The van der Waals surface area contributed by atoms with Crippen molar-refractivity contribution in [3.8, 4) is 17.2 Å². The van der Waals surface area contributed by atoms with Crippen LogP contribution in [0.2, 0.25) is 0 Å². The van der Waals surface area contributed by atoms with E-state index >= 15 is 0 Å². The lowest BCUT2D eigenvalue weighted by molar-refractivity contribution is -0.121. The maximum Gasteiger partial charge on any atom is 0.240 e. The topological polar surface area (TPSA) is 80.2 Å². The summed E-state index contributed by atoms with van der Waals surface area (Å²) in [7, 11) is 2.90. The second kappa shape index (κ2) is 9.65. The van der Waals surface area contributed by atoms with Crippen LogP contribution in [0.1, 0.15) is 44.6 Å². The fraction of sp³-hybridized carbons (Fsp3) is 0.500. The average Bonchev–Trinajstić information content (AvgIpc) is 2.52. The number of hydrazone groups is 1. The Kier molecular flexibility index (Phi) is 7.81. The van der Waals surface area contributed by atoms with Crippen LogP contribution in [0.5, 0.6) is 17.2 Å². The molecule has 0 bridgehead atoms. The molecule has 2 N–H and O–H groups in total. The Morgan fingerprint density at radius 3 is 2.41 bits per heavy atom. The van der Waals surface area contributed by atoms with Crippen LogP contribution in [0.25, 0.3) is 0 Å². The van der Waals surface area contributed by atoms with Gasteiger partial charge < -0.3 is 14.6 Å². The molecule has 0 heterocycles. The van der Waals surface area contributed by atoms with Crippen molar-refractivity contribution in [3.05, 3.63) is 17.7 Å². The van der Waals surface area contributed by atoms with E-state index in [-0.39, 0.29) is 23.2 Å². The summed E-state index contributed by atoms with van der Waals surface area (Å²) in [6.45, 7) is 2.13. The number of carbonyl (C=O) groups is 1. The molecule has 1 aromatic rings. The number of rotatable bonds is 9. The van der Waals surface area contributed by atoms with Crippen molar-refractivity contribution in [2.45, 2.75) is 39.0 Å². The standard InChI is InChI=1S/C16H24N2O4/c1-4-5-6-7-8-15(19)18-17-11-12-9-13(21-2)16(20)14(10-12)22-3/h9-11,20H,4-8H2,1-3H3,(H,18,19). The van der Waals surface area contributed by atoms with Crippen molar-refractivity contribution in [1.29, 1.82) is 0 Å². The Morgan fingerprint density at radius 2 is 1.86 bits per heavy atom. The molecule has 122 valence electrons. The molecule has 0 aliphatic rings. The summed E-state index contributed by atoms with van der Waals surface area (Å²) >= 11 is 0. The maximum absolute atomic E-state index is 11.6. The molecule has 0 unspecified atom stereocenters. The summed E-state index contributed by atoms with van der Waals surface area (Å²) in [4.78, 5) is 11.6. The summed E-state index contributed by atoms with van der Waals surface area (Å²) in [5, 5.41) is 13.7. The van der Waals surface area contributed by atoms with E-state index in [9.17, 15) is 9.90 Å². The molecule has 0 aliphatic carbocycles. The van der Waals surface area contributed by atoms with Crippen LogP contribution < -0.4 is 14.9 Å². The SMILES string of the molecule is CCCCCCC(=O)NN=Cc1cc(OC)c(O)c(OC)c1. The van der Waals surface area contributed by atoms with Crippen LogP contribution in [0.3, 0.4) is 0 Å². The van der Waals surface area contributed by atoms with Gasteiger partial charge in [-0.3, -0.25) is 4.79 Å². The zero-order chi connectivity index (χ0) is 16.4.